The van der Waals surface area contributed by atoms with Crippen LogP contribution in [0.3, 0.4) is 0 Å². The molecule has 51 heavy (non-hydrogen) atoms. The largest absolute Gasteiger partial charge is 0.864 e. The summed E-state index contributed by atoms with van der Waals surface area (Å²) in [6, 6.07) is 28.3. The zero-order valence-electron chi connectivity index (χ0n) is 33.8. The second-order valence-corrected chi connectivity index (χ2v) is 15.7. The van der Waals surface area contributed by atoms with Crippen LogP contribution in [0.4, 0.5) is 0 Å². The van der Waals surface area contributed by atoms with Crippen LogP contribution in [-0.2, 0) is 0 Å². The van der Waals surface area contributed by atoms with Crippen molar-refractivity contribution >= 4 is 7.32 Å². The van der Waals surface area contributed by atoms with Crippen LogP contribution in [0.15, 0.2) is 91.0 Å². The van der Waals surface area contributed by atoms with Gasteiger partial charge in [-0.25, -0.2) is 0 Å². The van der Waals surface area contributed by atoms with Gasteiger partial charge >= 0.3 is 7.32 Å². The van der Waals surface area contributed by atoms with Gasteiger partial charge in [0.15, 0.2) is 0 Å². The number of unbranched alkanes of at least 4 members (excludes halogenated alkanes) is 12. The molecule has 3 aromatic rings. The lowest BCUT2D eigenvalue weighted by Gasteiger charge is -2.39. The van der Waals surface area contributed by atoms with Gasteiger partial charge < -0.3 is 18.4 Å². The molecule has 0 aliphatic carbocycles. The third-order valence-corrected chi connectivity index (χ3v) is 9.69. The normalized spacial score (nSPS) is 11.4. The fourth-order valence-corrected chi connectivity index (χ4v) is 6.65. The number of benzene rings is 3. The van der Waals surface area contributed by atoms with Crippen molar-refractivity contribution in [3.63, 3.8) is 0 Å². The molecule has 3 aromatic carbocycles. The molecule has 0 aliphatic rings. The number of hydrogen-bond donors (Lipinski definition) is 0. The minimum atomic E-state index is -0.868. The van der Waals surface area contributed by atoms with Gasteiger partial charge in [-0.3, -0.25) is 0 Å². The highest BCUT2D eigenvalue weighted by Crippen LogP contribution is 2.24. The predicted molar refractivity (Wildman–Crippen MR) is 222 cm³/mol. The summed E-state index contributed by atoms with van der Waals surface area (Å²) in [5.74, 6) is 2.04. The fourth-order valence-electron chi connectivity index (χ4n) is 6.65. The smallest absolute Gasteiger partial charge is 0.490 e. The average Bonchev–Trinajstić information content (AvgIpc) is 3.13. The molecule has 0 fully saturated rings. The van der Waals surface area contributed by atoms with Crippen molar-refractivity contribution in [2.45, 2.75) is 151 Å². The molecular formula is C46H75BNO3+. The van der Waals surface area contributed by atoms with Crippen molar-refractivity contribution in [1.82, 2.24) is 0 Å². The fraction of sp³-hybridized carbons (Fsp3) is 0.609. The van der Waals surface area contributed by atoms with Crippen molar-refractivity contribution in [3.8, 4) is 17.2 Å². The van der Waals surface area contributed by atoms with Gasteiger partial charge in [0.1, 0.15) is 17.2 Å². The van der Waals surface area contributed by atoms with E-state index >= 15 is 0 Å². The summed E-state index contributed by atoms with van der Waals surface area (Å²) in [6.07, 6.45) is 24.3. The molecule has 0 spiro atoms. The van der Waals surface area contributed by atoms with Gasteiger partial charge in [0, 0.05) is 0 Å². The maximum atomic E-state index is 5.78. The second kappa shape index (κ2) is 27.7. The molecular weight excluding hydrogens is 625 g/mol. The van der Waals surface area contributed by atoms with E-state index in [-0.39, 0.29) is 0 Å². The van der Waals surface area contributed by atoms with E-state index in [1.165, 1.54) is 140 Å². The Kier molecular flexibility index (Phi) is 24.0. The topological polar surface area (TPSA) is 27.7 Å². The van der Waals surface area contributed by atoms with E-state index in [1.807, 2.05) is 91.0 Å². The van der Waals surface area contributed by atoms with Crippen molar-refractivity contribution < 1.29 is 18.4 Å². The van der Waals surface area contributed by atoms with Crippen LogP contribution >= 0.6 is 0 Å². The highest BCUT2D eigenvalue weighted by molar-refractivity contribution is 6.39. The molecule has 5 heteroatoms. The summed E-state index contributed by atoms with van der Waals surface area (Å²) in [6.45, 7) is 20.0. The highest BCUT2D eigenvalue weighted by atomic mass is 16.7. The van der Waals surface area contributed by atoms with Crippen LogP contribution in [0.5, 0.6) is 17.2 Å². The first kappa shape index (κ1) is 44.2. The SMILES string of the molecule is CCCCCC[N+](CCCCCC)(CCCCCC)CCCCCCC(C)(C)C.c1ccc(OB(Oc2ccccc2)Oc2ccccc2)cc1. The first-order valence-electron chi connectivity index (χ1n) is 20.8. The predicted octanol–water partition coefficient (Wildman–Crippen LogP) is 13.7. The Morgan fingerprint density at radius 2 is 0.706 bits per heavy atom. The monoisotopic (exact) mass is 701 g/mol. The molecule has 0 atom stereocenters. The third-order valence-electron chi connectivity index (χ3n) is 9.69. The lowest BCUT2D eigenvalue weighted by Crippen LogP contribution is -2.50. The second-order valence-electron chi connectivity index (χ2n) is 15.7. The summed E-state index contributed by atoms with van der Waals surface area (Å²) in [5, 5.41) is 0. The molecule has 0 radical (unpaired) electrons. The van der Waals surface area contributed by atoms with Crippen LogP contribution in [0.2, 0.25) is 0 Å². The Hall–Kier alpha value is -2.92. The number of hydrogen-bond acceptors (Lipinski definition) is 3. The Labute approximate surface area is 315 Å². The van der Waals surface area contributed by atoms with Gasteiger partial charge in [0.25, 0.3) is 0 Å². The highest BCUT2D eigenvalue weighted by Gasteiger charge is 2.30. The van der Waals surface area contributed by atoms with E-state index in [2.05, 4.69) is 41.5 Å². The minimum Gasteiger partial charge on any atom is -0.490 e. The minimum absolute atomic E-state index is 0.512. The Morgan fingerprint density at radius 3 is 1.00 bits per heavy atom. The Balaban J connectivity index is 0.000000364. The maximum absolute atomic E-state index is 5.78. The molecule has 284 valence electrons. The van der Waals surface area contributed by atoms with Crippen molar-refractivity contribution in [2.75, 3.05) is 26.2 Å². The van der Waals surface area contributed by atoms with E-state index in [1.54, 1.807) is 0 Å². The van der Waals surface area contributed by atoms with Gasteiger partial charge in [0.05, 0.1) is 26.2 Å². The summed E-state index contributed by atoms with van der Waals surface area (Å²) in [7, 11) is -0.868. The zero-order valence-corrected chi connectivity index (χ0v) is 33.8. The van der Waals surface area contributed by atoms with Crippen molar-refractivity contribution in [1.29, 1.82) is 0 Å². The van der Waals surface area contributed by atoms with Crippen LogP contribution in [-0.4, -0.2) is 38.0 Å². The van der Waals surface area contributed by atoms with E-state index in [4.69, 9.17) is 14.0 Å². The van der Waals surface area contributed by atoms with Gasteiger partial charge in [-0.1, -0.05) is 148 Å². The van der Waals surface area contributed by atoms with Gasteiger partial charge in [-0.15, -0.1) is 0 Å². The van der Waals surface area contributed by atoms with Crippen LogP contribution < -0.4 is 14.0 Å². The number of nitrogens with zero attached hydrogens (tertiary/aromatic N) is 1. The van der Waals surface area contributed by atoms with Crippen LogP contribution in [0.25, 0.3) is 0 Å². The van der Waals surface area contributed by atoms with Gasteiger partial charge in [-0.2, -0.15) is 0 Å². The molecule has 0 heterocycles. The van der Waals surface area contributed by atoms with E-state index in [0.29, 0.717) is 22.7 Å². The van der Waals surface area contributed by atoms with E-state index in [9.17, 15) is 0 Å². The first-order chi connectivity index (χ1) is 24.8. The van der Waals surface area contributed by atoms with Gasteiger partial charge in [-0.05, 0) is 99.6 Å². The van der Waals surface area contributed by atoms with Gasteiger partial charge in [0.2, 0.25) is 0 Å². The average molecular weight is 701 g/mol. The van der Waals surface area contributed by atoms with Crippen LogP contribution in [0.1, 0.15) is 151 Å². The van der Waals surface area contributed by atoms with E-state index in [0.717, 1.165) is 0 Å². The molecule has 0 unspecified atom stereocenters. The maximum Gasteiger partial charge on any atom is 0.864 e. The molecule has 3 rings (SSSR count). The summed E-state index contributed by atoms with van der Waals surface area (Å²) >= 11 is 0. The zero-order chi connectivity index (χ0) is 36.9. The standard InChI is InChI=1S/C28H60N.C18H15BO3/c1-7-10-13-19-24-29(25-20-14-11-8-2,26-21-15-12-9-3)27-22-17-16-18-23-28(4,5)6;1-4-10-16(11-5-1)20-19(21-17-12-6-2-7-13-17)22-18-14-8-3-9-15-18/h7-27H2,1-6H3;1-15H/q+1;. The van der Waals surface area contributed by atoms with Crippen molar-refractivity contribution in [2.24, 2.45) is 5.41 Å². The Bertz CT molecular complexity index is 1060. The number of rotatable bonds is 27. The molecule has 0 aromatic heterocycles. The molecule has 0 amide bonds. The lowest BCUT2D eigenvalue weighted by molar-refractivity contribution is -0.929. The Morgan fingerprint density at radius 1 is 0.412 bits per heavy atom. The molecule has 4 nitrogen and oxygen atoms in total. The van der Waals surface area contributed by atoms with E-state index < -0.39 is 7.32 Å². The summed E-state index contributed by atoms with van der Waals surface area (Å²) in [4.78, 5) is 0. The lowest BCUT2D eigenvalue weighted by atomic mass is 9.89. The summed E-state index contributed by atoms with van der Waals surface area (Å²) in [5.41, 5.74) is 0.512. The quantitative estimate of drug-likeness (QED) is 0.0450. The summed E-state index contributed by atoms with van der Waals surface area (Å²) < 4.78 is 18.8. The number of quaternary nitrogens is 1. The molecule has 0 N–H and O–H groups in total. The molecule has 0 saturated carbocycles. The number of para-hydroxylation sites is 3. The third kappa shape index (κ3) is 22.6. The molecule has 0 saturated heterocycles. The molecule has 0 bridgehead atoms. The first-order valence-corrected chi connectivity index (χ1v) is 20.8. The van der Waals surface area contributed by atoms with Crippen LogP contribution in [0, 0.1) is 5.41 Å². The molecule has 0 aliphatic heterocycles. The van der Waals surface area contributed by atoms with Crippen molar-refractivity contribution in [3.05, 3.63) is 91.0 Å².